The molecule has 0 unspecified atom stereocenters. The molecule has 1 atom stereocenters. The number of anilines is 1. The summed E-state index contributed by atoms with van der Waals surface area (Å²) < 4.78 is 13.1. The number of benzene rings is 2. The van der Waals surface area contributed by atoms with Crippen LogP contribution in [0, 0.1) is 6.92 Å². The Bertz CT molecular complexity index is 1050. The van der Waals surface area contributed by atoms with E-state index in [-0.39, 0.29) is 12.0 Å². The fraction of sp³-hybridized carbons (Fsp3) is 0.304. The van der Waals surface area contributed by atoms with Crippen LogP contribution in [0.15, 0.2) is 42.5 Å². The molecular formula is C23H24N2O4. The average Bonchev–Trinajstić information content (AvgIpc) is 3.37. The molecule has 0 saturated carbocycles. The number of nitrogens with zero attached hydrogens (tertiary/aromatic N) is 1. The largest absolute Gasteiger partial charge is 0.491 e. The highest BCUT2D eigenvalue weighted by atomic mass is 16.5. The number of hydrogen-bond acceptors (Lipinski definition) is 4. The highest BCUT2D eigenvalue weighted by Crippen LogP contribution is 2.28. The van der Waals surface area contributed by atoms with Crippen LogP contribution >= 0.6 is 0 Å². The van der Waals surface area contributed by atoms with E-state index in [1.54, 1.807) is 24.3 Å². The summed E-state index contributed by atoms with van der Waals surface area (Å²) in [7, 11) is 1.85. The van der Waals surface area contributed by atoms with Crippen molar-refractivity contribution in [2.45, 2.75) is 25.9 Å². The Labute approximate surface area is 169 Å². The Kier molecular flexibility index (Phi) is 5.36. The van der Waals surface area contributed by atoms with Gasteiger partial charge >= 0.3 is 0 Å². The predicted octanol–water partition coefficient (Wildman–Crippen LogP) is 4.11. The van der Waals surface area contributed by atoms with Gasteiger partial charge in [0.25, 0.3) is 5.91 Å². The second-order valence-electron chi connectivity index (χ2n) is 7.35. The van der Waals surface area contributed by atoms with Crippen LogP contribution in [0.5, 0.6) is 5.75 Å². The summed E-state index contributed by atoms with van der Waals surface area (Å²) in [5.41, 5.74) is 3.73. The molecule has 6 heteroatoms. The van der Waals surface area contributed by atoms with Crippen molar-refractivity contribution in [2.75, 3.05) is 18.5 Å². The van der Waals surface area contributed by atoms with Crippen LogP contribution in [0.1, 0.15) is 39.3 Å². The molecule has 0 radical (unpaired) electrons. The van der Waals surface area contributed by atoms with Gasteiger partial charge in [0.2, 0.25) is 0 Å². The molecule has 150 valence electrons. The van der Waals surface area contributed by atoms with Gasteiger partial charge in [0.15, 0.2) is 6.29 Å². The molecule has 1 aromatic heterocycles. The van der Waals surface area contributed by atoms with Crippen LogP contribution in [0.3, 0.4) is 0 Å². The van der Waals surface area contributed by atoms with E-state index in [2.05, 4.69) is 5.32 Å². The zero-order chi connectivity index (χ0) is 20.4. The zero-order valence-electron chi connectivity index (χ0n) is 16.6. The number of nitrogens with one attached hydrogen (secondary N) is 1. The molecule has 1 aliphatic rings. The molecule has 1 aliphatic heterocycles. The van der Waals surface area contributed by atoms with Crippen LogP contribution < -0.4 is 10.1 Å². The number of aromatic nitrogens is 1. The van der Waals surface area contributed by atoms with Crippen LogP contribution in [0.25, 0.3) is 10.9 Å². The molecule has 1 amide bonds. The van der Waals surface area contributed by atoms with Gasteiger partial charge in [-0.25, -0.2) is 0 Å². The smallest absolute Gasteiger partial charge is 0.255 e. The number of hydrogen-bond donors (Lipinski definition) is 1. The normalized spacial score (nSPS) is 16.1. The number of fused-ring (bicyclic) bond motifs is 1. The summed E-state index contributed by atoms with van der Waals surface area (Å²) in [6.45, 7) is 3.27. The second kappa shape index (κ2) is 8.09. The van der Waals surface area contributed by atoms with E-state index in [9.17, 15) is 9.59 Å². The van der Waals surface area contributed by atoms with Gasteiger partial charge in [0, 0.05) is 30.3 Å². The molecule has 29 heavy (non-hydrogen) atoms. The van der Waals surface area contributed by atoms with Crippen molar-refractivity contribution in [1.29, 1.82) is 0 Å². The molecule has 2 heterocycles. The Hall–Kier alpha value is -3.12. The summed E-state index contributed by atoms with van der Waals surface area (Å²) in [5.74, 6) is 0.530. The molecule has 0 spiro atoms. The minimum atomic E-state index is -0.192. The van der Waals surface area contributed by atoms with Gasteiger partial charge in [-0.1, -0.05) is 6.07 Å². The van der Waals surface area contributed by atoms with Crippen molar-refractivity contribution in [3.63, 3.8) is 0 Å². The number of ether oxygens (including phenoxy) is 2. The summed E-state index contributed by atoms with van der Waals surface area (Å²) >= 11 is 0. The lowest BCUT2D eigenvalue weighted by atomic mass is 10.1. The molecule has 0 aliphatic carbocycles. The lowest BCUT2D eigenvalue weighted by Gasteiger charge is -2.13. The molecule has 1 N–H and O–H groups in total. The van der Waals surface area contributed by atoms with Gasteiger partial charge in [0.05, 0.1) is 17.3 Å². The van der Waals surface area contributed by atoms with Crippen molar-refractivity contribution in [3.05, 3.63) is 59.3 Å². The van der Waals surface area contributed by atoms with Crippen molar-refractivity contribution in [3.8, 4) is 5.75 Å². The summed E-state index contributed by atoms with van der Waals surface area (Å²) in [6, 6.07) is 12.7. The Morgan fingerprint density at radius 1 is 1.28 bits per heavy atom. The maximum absolute atomic E-state index is 12.7. The number of aryl methyl sites for hydroxylation is 2. The van der Waals surface area contributed by atoms with E-state index in [4.69, 9.17) is 9.47 Å². The van der Waals surface area contributed by atoms with Crippen LogP contribution in [0.4, 0.5) is 5.69 Å². The number of carbonyl (C=O) groups excluding carboxylic acids is 2. The second-order valence-corrected chi connectivity index (χ2v) is 7.35. The highest BCUT2D eigenvalue weighted by molar-refractivity contribution is 6.06. The summed E-state index contributed by atoms with van der Waals surface area (Å²) in [5, 5.41) is 3.94. The first-order chi connectivity index (χ1) is 14.1. The fourth-order valence-corrected chi connectivity index (χ4v) is 3.78. The van der Waals surface area contributed by atoms with E-state index in [1.165, 1.54) is 0 Å². The minimum Gasteiger partial charge on any atom is -0.491 e. The molecule has 6 nitrogen and oxygen atoms in total. The van der Waals surface area contributed by atoms with E-state index in [0.717, 1.165) is 53.6 Å². The highest BCUT2D eigenvalue weighted by Gasteiger charge is 2.16. The standard InChI is InChI=1S/C23H24N2O4/c1-15-21(10-7-17-12-18(13-26)25(2)22(15)17)24-23(27)16-5-8-19(9-6-16)29-14-20-4-3-11-28-20/h5-10,12-13,20H,3-4,11,14H2,1-2H3,(H,24,27)/t20-/m0/s1. The lowest BCUT2D eigenvalue weighted by Crippen LogP contribution is -2.16. The quantitative estimate of drug-likeness (QED) is 0.641. The molecule has 1 saturated heterocycles. The molecule has 0 bridgehead atoms. The fourth-order valence-electron chi connectivity index (χ4n) is 3.78. The van der Waals surface area contributed by atoms with Gasteiger partial charge in [-0.3, -0.25) is 9.59 Å². The van der Waals surface area contributed by atoms with Gasteiger partial charge in [-0.05, 0) is 61.7 Å². The van der Waals surface area contributed by atoms with Crippen molar-refractivity contribution >= 4 is 28.8 Å². The van der Waals surface area contributed by atoms with Gasteiger partial charge < -0.3 is 19.4 Å². The first kappa shape index (κ1) is 19.2. The first-order valence-corrected chi connectivity index (χ1v) is 9.77. The van der Waals surface area contributed by atoms with Crippen LogP contribution in [-0.4, -0.2) is 36.1 Å². The van der Waals surface area contributed by atoms with Crippen LogP contribution in [0.2, 0.25) is 0 Å². The minimum absolute atomic E-state index is 0.160. The topological polar surface area (TPSA) is 69.6 Å². The van der Waals surface area contributed by atoms with E-state index in [1.807, 2.05) is 36.7 Å². The molecule has 2 aromatic carbocycles. The third-order valence-corrected chi connectivity index (χ3v) is 5.43. The number of amides is 1. The van der Waals surface area contributed by atoms with Crippen molar-refractivity contribution in [1.82, 2.24) is 4.57 Å². The molecule has 4 rings (SSSR count). The SMILES string of the molecule is Cc1c(NC(=O)c2ccc(OC[C@@H]3CCCO3)cc2)ccc2cc(C=O)n(C)c12. The third kappa shape index (κ3) is 3.89. The average molecular weight is 392 g/mol. The third-order valence-electron chi connectivity index (χ3n) is 5.43. The van der Waals surface area contributed by atoms with Crippen molar-refractivity contribution < 1.29 is 19.1 Å². The summed E-state index contributed by atoms with van der Waals surface area (Å²) in [6.07, 6.45) is 3.10. The zero-order valence-corrected chi connectivity index (χ0v) is 16.6. The Morgan fingerprint density at radius 3 is 2.76 bits per heavy atom. The Morgan fingerprint density at radius 2 is 2.07 bits per heavy atom. The van der Waals surface area contributed by atoms with Gasteiger partial charge in [0.1, 0.15) is 12.4 Å². The Balaban J connectivity index is 1.46. The van der Waals surface area contributed by atoms with Crippen LogP contribution in [-0.2, 0) is 11.8 Å². The van der Waals surface area contributed by atoms with Crippen molar-refractivity contribution in [2.24, 2.45) is 7.05 Å². The van der Waals surface area contributed by atoms with E-state index in [0.29, 0.717) is 17.9 Å². The van der Waals surface area contributed by atoms with E-state index >= 15 is 0 Å². The van der Waals surface area contributed by atoms with E-state index < -0.39 is 0 Å². The summed E-state index contributed by atoms with van der Waals surface area (Å²) in [4.78, 5) is 23.9. The maximum Gasteiger partial charge on any atom is 0.255 e. The first-order valence-electron chi connectivity index (χ1n) is 9.77. The maximum atomic E-state index is 12.7. The number of aldehydes is 1. The number of rotatable bonds is 6. The number of carbonyl (C=O) groups is 2. The van der Waals surface area contributed by atoms with Gasteiger partial charge in [-0.2, -0.15) is 0 Å². The molecule has 3 aromatic rings. The predicted molar refractivity (Wildman–Crippen MR) is 112 cm³/mol. The molecule has 1 fully saturated rings. The lowest BCUT2D eigenvalue weighted by molar-refractivity contribution is 0.0679. The molecular weight excluding hydrogens is 368 g/mol. The van der Waals surface area contributed by atoms with Gasteiger partial charge in [-0.15, -0.1) is 0 Å². The monoisotopic (exact) mass is 392 g/mol.